The van der Waals surface area contributed by atoms with Gasteiger partial charge in [-0.25, -0.2) is 0 Å². The van der Waals surface area contributed by atoms with Crippen LogP contribution in [0.25, 0.3) is 0 Å². The number of amides is 2. The first-order valence-corrected chi connectivity index (χ1v) is 8.64. The number of rotatable bonds is 5. The summed E-state index contributed by atoms with van der Waals surface area (Å²) in [5, 5.41) is 10.1. The van der Waals surface area contributed by atoms with Crippen LogP contribution in [0.1, 0.15) is 49.1 Å². The lowest BCUT2D eigenvalue weighted by Crippen LogP contribution is -2.37. The highest BCUT2D eigenvalue weighted by Crippen LogP contribution is 2.29. The van der Waals surface area contributed by atoms with Crippen molar-refractivity contribution in [3.8, 4) is 0 Å². The highest BCUT2D eigenvalue weighted by atomic mass is 16.2. The van der Waals surface area contributed by atoms with Crippen molar-refractivity contribution in [3.63, 3.8) is 0 Å². The number of likely N-dealkylation sites (tertiary alicyclic amines) is 1. The van der Waals surface area contributed by atoms with Crippen molar-refractivity contribution < 1.29 is 9.59 Å². The van der Waals surface area contributed by atoms with Gasteiger partial charge < -0.3 is 10.2 Å². The molecule has 0 unspecified atom stereocenters. The highest BCUT2D eigenvalue weighted by molar-refractivity contribution is 5.89. The molecule has 6 nitrogen and oxygen atoms in total. The van der Waals surface area contributed by atoms with Gasteiger partial charge in [0.15, 0.2) is 0 Å². The fraction of sp³-hybridized carbons (Fsp3) is 0.706. The quantitative estimate of drug-likeness (QED) is 0.863. The lowest BCUT2D eigenvalue weighted by molar-refractivity contribution is -0.130. The number of H-pyrrole nitrogens is 1. The highest BCUT2D eigenvalue weighted by Gasteiger charge is 2.38. The molecule has 0 radical (unpaired) electrons. The Balaban J connectivity index is 1.48. The Morgan fingerprint density at radius 3 is 2.74 bits per heavy atom. The molecule has 2 N–H and O–H groups in total. The number of hydrogen-bond donors (Lipinski definition) is 2. The van der Waals surface area contributed by atoms with E-state index >= 15 is 0 Å². The van der Waals surface area contributed by atoms with E-state index in [2.05, 4.69) is 15.5 Å². The lowest BCUT2D eigenvalue weighted by Gasteiger charge is -2.23. The number of carbonyl (C=O) groups excluding carboxylic acids is 2. The summed E-state index contributed by atoms with van der Waals surface area (Å²) in [4.78, 5) is 26.4. The summed E-state index contributed by atoms with van der Waals surface area (Å²) in [6, 6.07) is 0.372. The molecule has 2 aliphatic rings. The van der Waals surface area contributed by atoms with Crippen LogP contribution in [-0.2, 0) is 16.0 Å². The van der Waals surface area contributed by atoms with Crippen LogP contribution >= 0.6 is 0 Å². The zero-order valence-corrected chi connectivity index (χ0v) is 14.0. The number of nitrogens with one attached hydrogen (secondary N) is 2. The second-order valence-electron chi connectivity index (χ2n) is 6.84. The maximum atomic E-state index is 12.3. The zero-order valence-electron chi connectivity index (χ0n) is 14.0. The first kappa shape index (κ1) is 16.0. The predicted octanol–water partition coefficient (Wildman–Crippen LogP) is 1.48. The molecule has 0 spiro atoms. The van der Waals surface area contributed by atoms with Gasteiger partial charge in [0.05, 0.1) is 11.6 Å². The number of aryl methyl sites for hydroxylation is 2. The second kappa shape index (κ2) is 6.72. The van der Waals surface area contributed by atoms with Crippen molar-refractivity contribution >= 4 is 11.8 Å². The van der Waals surface area contributed by atoms with Crippen molar-refractivity contribution in [2.45, 2.75) is 58.4 Å². The van der Waals surface area contributed by atoms with E-state index in [0.717, 1.165) is 30.7 Å². The van der Waals surface area contributed by atoms with Gasteiger partial charge in [0.25, 0.3) is 0 Å². The average Bonchev–Trinajstić information content (AvgIpc) is 3.23. The SMILES string of the molecule is Cc1n[nH]c(C)c1CCNC(=O)[C@@H]1CC(=O)N(C2CCCC2)C1. The minimum Gasteiger partial charge on any atom is -0.355 e. The molecule has 0 bridgehead atoms. The largest absolute Gasteiger partial charge is 0.355 e. The molecule has 1 aromatic heterocycles. The van der Waals surface area contributed by atoms with Crippen LogP contribution in [0.5, 0.6) is 0 Å². The Hall–Kier alpha value is -1.85. The van der Waals surface area contributed by atoms with Gasteiger partial charge >= 0.3 is 0 Å². The van der Waals surface area contributed by atoms with E-state index in [1.165, 1.54) is 18.4 Å². The van der Waals surface area contributed by atoms with Crippen molar-refractivity contribution in [2.75, 3.05) is 13.1 Å². The summed E-state index contributed by atoms with van der Waals surface area (Å²) in [5.41, 5.74) is 3.21. The second-order valence-corrected chi connectivity index (χ2v) is 6.84. The first-order chi connectivity index (χ1) is 11.1. The Labute approximate surface area is 137 Å². The van der Waals surface area contributed by atoms with Crippen molar-refractivity contribution in [1.29, 1.82) is 0 Å². The van der Waals surface area contributed by atoms with Crippen LogP contribution in [0, 0.1) is 19.8 Å². The van der Waals surface area contributed by atoms with Gasteiger partial charge in [-0.2, -0.15) is 5.10 Å². The predicted molar refractivity (Wildman–Crippen MR) is 86.9 cm³/mol. The van der Waals surface area contributed by atoms with Crippen LogP contribution in [-0.4, -0.2) is 46.0 Å². The van der Waals surface area contributed by atoms with Crippen LogP contribution in [0.3, 0.4) is 0 Å². The molecule has 126 valence electrons. The molecule has 3 rings (SSSR count). The molecular weight excluding hydrogens is 292 g/mol. The summed E-state index contributed by atoms with van der Waals surface area (Å²) in [6.45, 7) is 5.15. The Kier molecular flexibility index (Phi) is 4.68. The third-order valence-electron chi connectivity index (χ3n) is 5.25. The summed E-state index contributed by atoms with van der Waals surface area (Å²) in [5.74, 6) is -0.0223. The van der Waals surface area contributed by atoms with Crippen LogP contribution in [0.15, 0.2) is 0 Å². The van der Waals surface area contributed by atoms with E-state index in [1.54, 1.807) is 0 Å². The van der Waals surface area contributed by atoms with Crippen LogP contribution < -0.4 is 5.32 Å². The first-order valence-electron chi connectivity index (χ1n) is 8.64. The summed E-state index contributed by atoms with van der Waals surface area (Å²) in [7, 11) is 0. The molecule has 2 amide bonds. The van der Waals surface area contributed by atoms with Gasteiger partial charge in [-0.3, -0.25) is 14.7 Å². The number of carbonyl (C=O) groups is 2. The van der Waals surface area contributed by atoms with Gasteiger partial charge in [-0.1, -0.05) is 12.8 Å². The molecule has 23 heavy (non-hydrogen) atoms. The van der Waals surface area contributed by atoms with Gasteiger partial charge in [-0.15, -0.1) is 0 Å². The molecule has 0 aromatic carbocycles. The monoisotopic (exact) mass is 318 g/mol. The zero-order chi connectivity index (χ0) is 16.4. The molecule has 1 aliphatic carbocycles. The summed E-state index contributed by atoms with van der Waals surface area (Å²) >= 11 is 0. The Bertz CT molecular complexity index is 570. The van der Waals surface area contributed by atoms with E-state index in [4.69, 9.17) is 0 Å². The average molecular weight is 318 g/mol. The van der Waals surface area contributed by atoms with Crippen molar-refractivity contribution in [3.05, 3.63) is 17.0 Å². The molecule has 1 aromatic rings. The Morgan fingerprint density at radius 1 is 1.35 bits per heavy atom. The minimum atomic E-state index is -0.186. The third kappa shape index (κ3) is 3.41. The molecule has 1 saturated carbocycles. The van der Waals surface area contributed by atoms with Gasteiger partial charge in [0, 0.05) is 31.2 Å². The smallest absolute Gasteiger partial charge is 0.225 e. The maximum absolute atomic E-state index is 12.3. The van der Waals surface area contributed by atoms with E-state index in [-0.39, 0.29) is 17.7 Å². The molecule has 2 fully saturated rings. The van der Waals surface area contributed by atoms with E-state index in [0.29, 0.717) is 25.6 Å². The van der Waals surface area contributed by atoms with Crippen LogP contribution in [0.2, 0.25) is 0 Å². The summed E-state index contributed by atoms with van der Waals surface area (Å²) in [6.07, 6.45) is 5.74. The van der Waals surface area contributed by atoms with Crippen LogP contribution in [0.4, 0.5) is 0 Å². The van der Waals surface area contributed by atoms with Crippen molar-refractivity contribution in [1.82, 2.24) is 20.4 Å². The van der Waals surface area contributed by atoms with E-state index in [1.807, 2.05) is 18.7 Å². The van der Waals surface area contributed by atoms with Gasteiger partial charge in [0.2, 0.25) is 11.8 Å². The number of hydrogen-bond acceptors (Lipinski definition) is 3. The molecular formula is C17H26N4O2. The molecule has 2 heterocycles. The molecule has 1 saturated heterocycles. The number of nitrogens with zero attached hydrogens (tertiary/aromatic N) is 2. The van der Waals surface area contributed by atoms with Gasteiger partial charge in [-0.05, 0) is 38.7 Å². The molecule has 6 heteroatoms. The Morgan fingerprint density at radius 2 is 2.09 bits per heavy atom. The normalized spacial score (nSPS) is 22.1. The summed E-state index contributed by atoms with van der Waals surface area (Å²) < 4.78 is 0. The number of aromatic nitrogens is 2. The lowest BCUT2D eigenvalue weighted by atomic mass is 10.1. The third-order valence-corrected chi connectivity index (χ3v) is 5.25. The topological polar surface area (TPSA) is 78.1 Å². The minimum absolute atomic E-state index is 0.0117. The number of aromatic amines is 1. The van der Waals surface area contributed by atoms with Gasteiger partial charge in [0.1, 0.15) is 0 Å². The standard InChI is InChI=1S/C17H26N4O2/c1-11-15(12(2)20-19-11)7-8-18-17(23)13-9-16(22)21(10-13)14-5-3-4-6-14/h13-14H,3-10H2,1-2H3,(H,18,23)(H,19,20)/t13-/m1/s1. The van der Waals surface area contributed by atoms with E-state index < -0.39 is 0 Å². The van der Waals surface area contributed by atoms with E-state index in [9.17, 15) is 9.59 Å². The van der Waals surface area contributed by atoms with Crippen molar-refractivity contribution in [2.24, 2.45) is 5.92 Å². The molecule has 1 atom stereocenters. The maximum Gasteiger partial charge on any atom is 0.225 e. The molecule has 1 aliphatic heterocycles. The fourth-order valence-electron chi connectivity index (χ4n) is 3.87. The fourth-order valence-corrected chi connectivity index (χ4v) is 3.87.